The molecular formula is C17H24N6O2. The highest BCUT2D eigenvalue weighted by Crippen LogP contribution is 2.20. The zero-order valence-corrected chi connectivity index (χ0v) is 14.5. The average molecular weight is 344 g/mol. The van der Waals surface area contributed by atoms with Gasteiger partial charge in [0.15, 0.2) is 0 Å². The zero-order valence-electron chi connectivity index (χ0n) is 14.5. The molecule has 1 unspecified atom stereocenters. The maximum atomic E-state index is 12.7. The molecule has 1 aliphatic heterocycles. The number of rotatable bonds is 6. The van der Waals surface area contributed by atoms with E-state index in [2.05, 4.69) is 20.3 Å². The molecule has 0 bridgehead atoms. The third-order valence-electron chi connectivity index (χ3n) is 4.47. The fraction of sp³-hybridized carbons (Fsp3) is 0.588. The van der Waals surface area contributed by atoms with Gasteiger partial charge in [0.25, 0.3) is 5.91 Å². The molecule has 2 aromatic rings. The number of carbonyl (C=O) groups excluding carboxylic acids is 1. The largest absolute Gasteiger partial charge is 0.396 e. The number of carbonyl (C=O) groups is 1. The van der Waals surface area contributed by atoms with E-state index in [1.54, 1.807) is 12.4 Å². The van der Waals surface area contributed by atoms with Crippen molar-refractivity contribution in [2.75, 3.05) is 19.7 Å². The Bertz CT molecular complexity index is 699. The monoisotopic (exact) mass is 344 g/mol. The molecule has 0 radical (unpaired) electrons. The molecule has 1 N–H and O–H groups in total. The molecule has 134 valence electrons. The average Bonchev–Trinajstić information content (AvgIpc) is 3.09. The van der Waals surface area contributed by atoms with E-state index in [0.717, 1.165) is 43.9 Å². The third kappa shape index (κ3) is 4.39. The summed E-state index contributed by atoms with van der Waals surface area (Å²) in [5.41, 5.74) is 1.34. The van der Waals surface area contributed by atoms with Crippen LogP contribution >= 0.6 is 0 Å². The molecule has 8 heteroatoms. The van der Waals surface area contributed by atoms with E-state index in [0.29, 0.717) is 24.4 Å². The lowest BCUT2D eigenvalue weighted by molar-refractivity contribution is 0.0658. The highest BCUT2D eigenvalue weighted by atomic mass is 16.3. The van der Waals surface area contributed by atoms with Gasteiger partial charge in [0.2, 0.25) is 0 Å². The number of piperidine rings is 1. The second-order valence-electron chi connectivity index (χ2n) is 6.41. The lowest BCUT2D eigenvalue weighted by Crippen LogP contribution is -2.41. The van der Waals surface area contributed by atoms with Gasteiger partial charge in [0, 0.05) is 57.7 Å². The van der Waals surface area contributed by atoms with Crippen LogP contribution in [0.3, 0.4) is 0 Å². The van der Waals surface area contributed by atoms with Gasteiger partial charge in [-0.1, -0.05) is 12.1 Å². The summed E-state index contributed by atoms with van der Waals surface area (Å²) >= 11 is 0. The second-order valence-corrected chi connectivity index (χ2v) is 6.41. The first-order chi connectivity index (χ1) is 12.2. The van der Waals surface area contributed by atoms with Crippen LogP contribution in [-0.4, -0.2) is 60.6 Å². The summed E-state index contributed by atoms with van der Waals surface area (Å²) in [7, 11) is 0. The topological polar surface area (TPSA) is 97.0 Å². The number of aromatic nitrogens is 5. The zero-order chi connectivity index (χ0) is 17.6. The van der Waals surface area contributed by atoms with E-state index in [-0.39, 0.29) is 12.5 Å². The lowest BCUT2D eigenvalue weighted by Gasteiger charge is -2.32. The van der Waals surface area contributed by atoms with Gasteiger partial charge < -0.3 is 10.0 Å². The Morgan fingerprint density at radius 3 is 2.88 bits per heavy atom. The first-order valence-corrected chi connectivity index (χ1v) is 8.79. The first-order valence-electron chi connectivity index (χ1n) is 8.79. The SMILES string of the molecule is CCc1ncc(C(=O)N2CCCC(Cn3cc(CCO)nn3)C2)cn1. The van der Waals surface area contributed by atoms with Crippen molar-refractivity contribution >= 4 is 5.91 Å². The summed E-state index contributed by atoms with van der Waals surface area (Å²) in [5.74, 6) is 1.09. The van der Waals surface area contributed by atoms with Crippen molar-refractivity contribution in [3.8, 4) is 0 Å². The predicted molar refractivity (Wildman–Crippen MR) is 90.8 cm³/mol. The number of nitrogens with zero attached hydrogens (tertiary/aromatic N) is 6. The molecule has 0 aromatic carbocycles. The number of amides is 1. The summed E-state index contributed by atoms with van der Waals surface area (Å²) in [6.07, 6.45) is 8.42. The van der Waals surface area contributed by atoms with Crippen molar-refractivity contribution in [2.24, 2.45) is 5.92 Å². The van der Waals surface area contributed by atoms with E-state index in [9.17, 15) is 4.79 Å². The minimum atomic E-state index is -0.00749. The van der Waals surface area contributed by atoms with E-state index >= 15 is 0 Å². The molecule has 0 spiro atoms. The fourth-order valence-electron chi connectivity index (χ4n) is 3.15. The Morgan fingerprint density at radius 2 is 2.16 bits per heavy atom. The van der Waals surface area contributed by atoms with Gasteiger partial charge in [-0.3, -0.25) is 9.48 Å². The Hall–Kier alpha value is -2.35. The smallest absolute Gasteiger partial charge is 0.257 e. The highest BCUT2D eigenvalue weighted by molar-refractivity contribution is 5.93. The number of hydrogen-bond donors (Lipinski definition) is 1. The van der Waals surface area contributed by atoms with Crippen LogP contribution in [0, 0.1) is 5.92 Å². The van der Waals surface area contributed by atoms with Crippen LogP contribution in [-0.2, 0) is 19.4 Å². The molecule has 1 aliphatic rings. The molecule has 1 saturated heterocycles. The number of aliphatic hydroxyl groups is 1. The number of aliphatic hydroxyl groups excluding tert-OH is 1. The van der Waals surface area contributed by atoms with Gasteiger partial charge in [-0.2, -0.15) is 0 Å². The van der Waals surface area contributed by atoms with Crippen LogP contribution in [0.1, 0.15) is 41.6 Å². The van der Waals surface area contributed by atoms with Crippen molar-refractivity contribution in [1.82, 2.24) is 29.9 Å². The van der Waals surface area contributed by atoms with Crippen LogP contribution in [0.15, 0.2) is 18.6 Å². The van der Waals surface area contributed by atoms with Crippen LogP contribution in [0.25, 0.3) is 0 Å². The van der Waals surface area contributed by atoms with Crippen LogP contribution < -0.4 is 0 Å². The van der Waals surface area contributed by atoms with Gasteiger partial charge in [0.05, 0.1) is 11.3 Å². The number of likely N-dealkylation sites (tertiary alicyclic amines) is 1. The van der Waals surface area contributed by atoms with Gasteiger partial charge in [-0.15, -0.1) is 5.10 Å². The van der Waals surface area contributed by atoms with Crippen molar-refractivity contribution in [1.29, 1.82) is 0 Å². The maximum absolute atomic E-state index is 12.7. The normalized spacial score (nSPS) is 17.7. The molecular weight excluding hydrogens is 320 g/mol. The molecule has 1 fully saturated rings. The summed E-state index contributed by atoms with van der Waals surface area (Å²) in [4.78, 5) is 23.0. The highest BCUT2D eigenvalue weighted by Gasteiger charge is 2.25. The quantitative estimate of drug-likeness (QED) is 0.829. The maximum Gasteiger partial charge on any atom is 0.257 e. The number of aryl methyl sites for hydroxylation is 1. The Balaban J connectivity index is 1.60. The summed E-state index contributed by atoms with van der Waals surface area (Å²) in [6, 6.07) is 0. The van der Waals surface area contributed by atoms with Gasteiger partial charge >= 0.3 is 0 Å². The molecule has 3 rings (SSSR count). The molecule has 1 atom stereocenters. The second kappa shape index (κ2) is 8.15. The van der Waals surface area contributed by atoms with E-state index < -0.39 is 0 Å². The molecule has 3 heterocycles. The Kier molecular flexibility index (Phi) is 5.70. The van der Waals surface area contributed by atoms with Crippen molar-refractivity contribution < 1.29 is 9.90 Å². The summed E-state index contributed by atoms with van der Waals surface area (Å²) in [5, 5.41) is 17.1. The van der Waals surface area contributed by atoms with Gasteiger partial charge in [-0.05, 0) is 18.8 Å². The minimum absolute atomic E-state index is 0.00749. The Morgan fingerprint density at radius 1 is 1.36 bits per heavy atom. The first kappa shape index (κ1) is 17.5. The predicted octanol–water partition coefficient (Wildman–Crippen LogP) is 0.718. The summed E-state index contributed by atoms with van der Waals surface area (Å²) < 4.78 is 1.81. The van der Waals surface area contributed by atoms with Crippen LogP contribution in [0.2, 0.25) is 0 Å². The molecule has 1 amide bonds. The molecule has 25 heavy (non-hydrogen) atoms. The third-order valence-corrected chi connectivity index (χ3v) is 4.47. The van der Waals surface area contributed by atoms with Crippen molar-refractivity contribution in [3.05, 3.63) is 35.7 Å². The lowest BCUT2D eigenvalue weighted by atomic mass is 9.97. The van der Waals surface area contributed by atoms with Crippen molar-refractivity contribution in [2.45, 2.75) is 39.2 Å². The van der Waals surface area contributed by atoms with Crippen LogP contribution in [0.5, 0.6) is 0 Å². The minimum Gasteiger partial charge on any atom is -0.396 e. The Labute approximate surface area is 146 Å². The van der Waals surface area contributed by atoms with E-state index in [4.69, 9.17) is 5.11 Å². The number of hydrogen-bond acceptors (Lipinski definition) is 6. The molecule has 0 aliphatic carbocycles. The fourth-order valence-corrected chi connectivity index (χ4v) is 3.15. The van der Waals surface area contributed by atoms with Gasteiger partial charge in [-0.25, -0.2) is 9.97 Å². The van der Waals surface area contributed by atoms with E-state index in [1.165, 1.54) is 0 Å². The van der Waals surface area contributed by atoms with Crippen LogP contribution in [0.4, 0.5) is 0 Å². The van der Waals surface area contributed by atoms with E-state index in [1.807, 2.05) is 22.7 Å². The van der Waals surface area contributed by atoms with Gasteiger partial charge in [0.1, 0.15) is 5.82 Å². The summed E-state index contributed by atoms with van der Waals surface area (Å²) in [6.45, 7) is 4.25. The standard InChI is InChI=1S/C17H24N6O2/c1-2-16-18-8-14(9-19-16)17(25)22-6-3-4-13(10-22)11-23-12-15(5-7-24)20-21-23/h8-9,12-13,24H,2-7,10-11H2,1H3. The molecule has 8 nitrogen and oxygen atoms in total. The molecule has 0 saturated carbocycles. The molecule has 2 aromatic heterocycles. The van der Waals surface area contributed by atoms with Crippen molar-refractivity contribution in [3.63, 3.8) is 0 Å².